The van der Waals surface area contributed by atoms with Crippen LogP contribution in [0, 0.1) is 5.41 Å². The van der Waals surface area contributed by atoms with Crippen LogP contribution < -0.4 is 0 Å². The zero-order valence-corrected chi connectivity index (χ0v) is 11.7. The van der Waals surface area contributed by atoms with E-state index in [0.717, 1.165) is 32.1 Å². The van der Waals surface area contributed by atoms with Crippen LogP contribution >= 0.6 is 0 Å². The van der Waals surface area contributed by atoms with Crippen LogP contribution in [0.3, 0.4) is 0 Å². The van der Waals surface area contributed by atoms with Gasteiger partial charge in [0, 0.05) is 6.42 Å². The highest BCUT2D eigenvalue weighted by Crippen LogP contribution is 2.35. The normalized spacial score (nSPS) is 15.5. The summed E-state index contributed by atoms with van der Waals surface area (Å²) in [6, 6.07) is 0. The second-order valence-electron chi connectivity index (χ2n) is 5.34. The second-order valence-corrected chi connectivity index (χ2v) is 5.34. The van der Waals surface area contributed by atoms with Gasteiger partial charge in [0.15, 0.2) is 0 Å². The SMILES string of the molecule is CCCCC(C)(CCC)Cc1nnc(C(F)(F)F)o1. The average molecular weight is 278 g/mol. The maximum absolute atomic E-state index is 12.4. The first kappa shape index (κ1) is 16.0. The molecule has 1 atom stereocenters. The van der Waals surface area contributed by atoms with Gasteiger partial charge >= 0.3 is 12.1 Å². The summed E-state index contributed by atoms with van der Waals surface area (Å²) in [7, 11) is 0. The molecule has 0 aliphatic carbocycles. The van der Waals surface area contributed by atoms with Gasteiger partial charge in [0.25, 0.3) is 0 Å². The van der Waals surface area contributed by atoms with E-state index in [1.165, 1.54) is 0 Å². The lowest BCUT2D eigenvalue weighted by Gasteiger charge is -2.27. The number of alkyl halides is 3. The lowest BCUT2D eigenvalue weighted by Crippen LogP contribution is -2.19. The molecule has 0 radical (unpaired) electrons. The molecule has 0 saturated heterocycles. The summed E-state index contributed by atoms with van der Waals surface area (Å²) >= 11 is 0. The van der Waals surface area contributed by atoms with Gasteiger partial charge in [-0.05, 0) is 18.3 Å². The van der Waals surface area contributed by atoms with Crippen molar-refractivity contribution in [3.8, 4) is 0 Å². The molecule has 6 heteroatoms. The number of unbranched alkanes of at least 4 members (excludes halogenated alkanes) is 1. The third-order valence-electron chi connectivity index (χ3n) is 3.27. The fourth-order valence-corrected chi connectivity index (χ4v) is 2.31. The number of aromatic nitrogens is 2. The Bertz CT molecular complexity index is 389. The van der Waals surface area contributed by atoms with Crippen molar-refractivity contribution < 1.29 is 17.6 Å². The first-order valence-electron chi connectivity index (χ1n) is 6.70. The summed E-state index contributed by atoms with van der Waals surface area (Å²) in [5.74, 6) is -1.17. The Morgan fingerprint density at radius 3 is 2.21 bits per heavy atom. The molecule has 0 fully saturated rings. The summed E-state index contributed by atoms with van der Waals surface area (Å²) < 4.78 is 41.9. The van der Waals surface area contributed by atoms with Crippen molar-refractivity contribution in [3.63, 3.8) is 0 Å². The molecule has 1 rings (SSSR count). The van der Waals surface area contributed by atoms with Crippen molar-refractivity contribution in [2.75, 3.05) is 0 Å². The fourth-order valence-electron chi connectivity index (χ4n) is 2.31. The standard InChI is InChI=1S/C13H21F3N2O/c1-4-6-8-12(3,7-5-2)9-10-17-18-11(19-10)13(14,15)16/h4-9H2,1-3H3. The van der Waals surface area contributed by atoms with E-state index in [1.54, 1.807) is 0 Å². The third-order valence-corrected chi connectivity index (χ3v) is 3.27. The Hall–Kier alpha value is -1.07. The number of hydrogen-bond acceptors (Lipinski definition) is 3. The number of rotatable bonds is 7. The van der Waals surface area contributed by atoms with Gasteiger partial charge in [-0.2, -0.15) is 13.2 Å². The fraction of sp³-hybridized carbons (Fsp3) is 0.846. The number of halogens is 3. The van der Waals surface area contributed by atoms with E-state index in [4.69, 9.17) is 4.42 Å². The number of nitrogens with zero attached hydrogens (tertiary/aromatic N) is 2. The maximum atomic E-state index is 12.4. The zero-order valence-electron chi connectivity index (χ0n) is 11.7. The first-order valence-corrected chi connectivity index (χ1v) is 6.70. The summed E-state index contributed by atoms with van der Waals surface area (Å²) in [6.07, 6.45) is 0.853. The lowest BCUT2D eigenvalue weighted by atomic mass is 9.78. The van der Waals surface area contributed by atoms with Gasteiger partial charge in [-0.3, -0.25) is 0 Å². The molecule has 0 aliphatic rings. The van der Waals surface area contributed by atoms with E-state index < -0.39 is 12.1 Å². The van der Waals surface area contributed by atoms with Gasteiger partial charge in [0.1, 0.15) is 0 Å². The minimum Gasteiger partial charge on any atom is -0.417 e. The van der Waals surface area contributed by atoms with E-state index in [2.05, 4.69) is 31.0 Å². The molecule has 0 spiro atoms. The molecule has 1 unspecified atom stereocenters. The van der Waals surface area contributed by atoms with E-state index in [9.17, 15) is 13.2 Å². The van der Waals surface area contributed by atoms with Gasteiger partial charge in [-0.25, -0.2) is 0 Å². The molecule has 1 heterocycles. The van der Waals surface area contributed by atoms with Crippen LogP contribution in [0.4, 0.5) is 13.2 Å². The lowest BCUT2D eigenvalue weighted by molar-refractivity contribution is -0.157. The molecule has 0 saturated carbocycles. The van der Waals surface area contributed by atoms with Gasteiger partial charge in [0.2, 0.25) is 5.89 Å². The summed E-state index contributed by atoms with van der Waals surface area (Å²) in [5, 5.41) is 6.59. The van der Waals surface area contributed by atoms with Crippen molar-refractivity contribution >= 4 is 0 Å². The highest BCUT2D eigenvalue weighted by atomic mass is 19.4. The third kappa shape index (κ3) is 4.84. The second kappa shape index (κ2) is 6.39. The van der Waals surface area contributed by atoms with Gasteiger partial charge in [-0.1, -0.05) is 40.0 Å². The maximum Gasteiger partial charge on any atom is 0.470 e. The Kier molecular flexibility index (Phi) is 5.38. The van der Waals surface area contributed by atoms with E-state index >= 15 is 0 Å². The molecule has 0 aromatic carbocycles. The van der Waals surface area contributed by atoms with Crippen LogP contribution in [0.2, 0.25) is 0 Å². The van der Waals surface area contributed by atoms with Crippen LogP contribution in [0.15, 0.2) is 4.42 Å². The summed E-state index contributed by atoms with van der Waals surface area (Å²) in [4.78, 5) is 0. The van der Waals surface area contributed by atoms with Gasteiger partial charge in [-0.15, -0.1) is 10.2 Å². The van der Waals surface area contributed by atoms with Crippen LogP contribution in [0.5, 0.6) is 0 Å². The Labute approximate surface area is 111 Å². The molecule has 1 aromatic rings. The predicted octanol–water partition coefficient (Wildman–Crippen LogP) is 4.63. The largest absolute Gasteiger partial charge is 0.470 e. The van der Waals surface area contributed by atoms with E-state index in [1.807, 2.05) is 0 Å². The van der Waals surface area contributed by atoms with Crippen LogP contribution in [-0.4, -0.2) is 10.2 Å². The van der Waals surface area contributed by atoms with Crippen molar-refractivity contribution in [2.45, 2.75) is 65.5 Å². The van der Waals surface area contributed by atoms with Gasteiger partial charge in [0.05, 0.1) is 0 Å². The molecule has 0 N–H and O–H groups in total. The molecule has 19 heavy (non-hydrogen) atoms. The number of hydrogen-bond donors (Lipinski definition) is 0. The van der Waals surface area contributed by atoms with Crippen LogP contribution in [0.25, 0.3) is 0 Å². The molecule has 110 valence electrons. The molecular weight excluding hydrogens is 257 g/mol. The Balaban J connectivity index is 2.76. The first-order chi connectivity index (χ1) is 8.80. The highest BCUT2D eigenvalue weighted by Gasteiger charge is 2.38. The van der Waals surface area contributed by atoms with Crippen LogP contribution in [0.1, 0.15) is 64.7 Å². The Morgan fingerprint density at radius 1 is 1.05 bits per heavy atom. The molecule has 0 amide bonds. The highest BCUT2D eigenvalue weighted by molar-refractivity contribution is 4.91. The summed E-state index contributed by atoms with van der Waals surface area (Å²) in [5.41, 5.74) is -0.0693. The zero-order chi connectivity index (χ0) is 14.5. The molecule has 3 nitrogen and oxygen atoms in total. The Morgan fingerprint density at radius 2 is 1.74 bits per heavy atom. The summed E-state index contributed by atoms with van der Waals surface area (Å²) in [6.45, 7) is 6.24. The van der Waals surface area contributed by atoms with Crippen molar-refractivity contribution in [2.24, 2.45) is 5.41 Å². The van der Waals surface area contributed by atoms with E-state index in [0.29, 0.717) is 6.42 Å². The molecule has 1 aromatic heterocycles. The van der Waals surface area contributed by atoms with Crippen LogP contribution in [-0.2, 0) is 12.6 Å². The topological polar surface area (TPSA) is 38.9 Å². The van der Waals surface area contributed by atoms with E-state index in [-0.39, 0.29) is 11.3 Å². The predicted molar refractivity (Wildman–Crippen MR) is 65.5 cm³/mol. The molecular formula is C13H21F3N2O. The quantitative estimate of drug-likeness (QED) is 0.730. The molecule has 0 bridgehead atoms. The average Bonchev–Trinajstić information content (AvgIpc) is 2.75. The van der Waals surface area contributed by atoms with Gasteiger partial charge < -0.3 is 4.42 Å². The minimum absolute atomic E-state index is 0.0693. The molecule has 0 aliphatic heterocycles. The van der Waals surface area contributed by atoms with Crippen molar-refractivity contribution in [1.29, 1.82) is 0 Å². The minimum atomic E-state index is -4.56. The smallest absolute Gasteiger partial charge is 0.417 e. The van der Waals surface area contributed by atoms with Crippen molar-refractivity contribution in [3.05, 3.63) is 11.8 Å². The van der Waals surface area contributed by atoms with Crippen molar-refractivity contribution in [1.82, 2.24) is 10.2 Å². The monoisotopic (exact) mass is 278 g/mol.